The van der Waals surface area contributed by atoms with Gasteiger partial charge in [-0.15, -0.1) is 11.3 Å². The molecule has 0 aliphatic rings. The van der Waals surface area contributed by atoms with Crippen LogP contribution < -0.4 is 0 Å². The second-order valence-electron chi connectivity index (χ2n) is 3.32. The molecule has 0 bridgehead atoms. The molecular weight excluding hydrogens is 243 g/mol. The number of aldehydes is 1. The van der Waals surface area contributed by atoms with Gasteiger partial charge in [-0.1, -0.05) is 0 Å². The van der Waals surface area contributed by atoms with E-state index in [9.17, 15) is 14.0 Å². The lowest BCUT2D eigenvalue weighted by atomic mass is 10.1. The Balaban J connectivity index is 2.46. The molecule has 3 nitrogen and oxygen atoms in total. The molecule has 0 amide bonds. The maximum atomic E-state index is 13.7. The van der Waals surface area contributed by atoms with E-state index in [-0.39, 0.29) is 5.56 Å². The third kappa shape index (κ3) is 2.24. The van der Waals surface area contributed by atoms with Crippen LogP contribution in [0.25, 0.3) is 10.4 Å². The highest BCUT2D eigenvalue weighted by Gasteiger charge is 2.11. The molecule has 1 N–H and O–H groups in total. The predicted octanol–water partition coefficient (Wildman–Crippen LogP) is 3.06. The summed E-state index contributed by atoms with van der Waals surface area (Å²) in [6.45, 7) is 0. The molecule has 5 heteroatoms. The molecule has 0 aliphatic carbocycles. The summed E-state index contributed by atoms with van der Waals surface area (Å²) in [6.07, 6.45) is 0.692. The van der Waals surface area contributed by atoms with Gasteiger partial charge in [-0.25, -0.2) is 9.18 Å². The van der Waals surface area contributed by atoms with Crippen molar-refractivity contribution in [3.8, 4) is 10.4 Å². The SMILES string of the molecule is O=Cc1ccc(-c2ccc(C(=O)O)cc2F)s1. The minimum Gasteiger partial charge on any atom is -0.478 e. The van der Waals surface area contributed by atoms with Crippen molar-refractivity contribution in [1.29, 1.82) is 0 Å². The smallest absolute Gasteiger partial charge is 0.335 e. The van der Waals surface area contributed by atoms with Gasteiger partial charge in [0.25, 0.3) is 0 Å². The summed E-state index contributed by atoms with van der Waals surface area (Å²) in [6, 6.07) is 6.93. The van der Waals surface area contributed by atoms with E-state index in [1.54, 1.807) is 12.1 Å². The van der Waals surface area contributed by atoms with Crippen LogP contribution in [0, 0.1) is 5.82 Å². The minimum absolute atomic E-state index is 0.0987. The summed E-state index contributed by atoms with van der Waals surface area (Å²) in [5.41, 5.74) is 0.200. The second-order valence-corrected chi connectivity index (χ2v) is 4.43. The van der Waals surface area contributed by atoms with Crippen LogP contribution >= 0.6 is 11.3 Å². The standard InChI is InChI=1S/C12H7FO3S/c13-10-5-7(12(15)16)1-3-9(10)11-4-2-8(6-14)17-11/h1-6H,(H,15,16). The summed E-state index contributed by atoms with van der Waals surface area (Å²) in [4.78, 5) is 22.3. The number of carbonyl (C=O) groups is 2. The Hall–Kier alpha value is -2.01. The number of halogens is 1. The number of carbonyl (C=O) groups excluding carboxylic acids is 1. The lowest BCUT2D eigenvalue weighted by Crippen LogP contribution is -1.97. The summed E-state index contributed by atoms with van der Waals surface area (Å²) >= 11 is 1.16. The van der Waals surface area contributed by atoms with E-state index in [1.807, 2.05) is 0 Å². The lowest BCUT2D eigenvalue weighted by Gasteiger charge is -2.01. The molecule has 0 spiro atoms. The van der Waals surface area contributed by atoms with Crippen LogP contribution in [0.2, 0.25) is 0 Å². The predicted molar refractivity (Wildman–Crippen MR) is 62.1 cm³/mol. The van der Waals surface area contributed by atoms with Crippen molar-refractivity contribution in [2.75, 3.05) is 0 Å². The molecule has 86 valence electrons. The first kappa shape index (κ1) is 11.5. The van der Waals surface area contributed by atoms with Crippen molar-refractivity contribution in [3.63, 3.8) is 0 Å². The number of rotatable bonds is 3. The molecule has 17 heavy (non-hydrogen) atoms. The van der Waals surface area contributed by atoms with Crippen molar-refractivity contribution >= 4 is 23.6 Å². The molecule has 0 fully saturated rings. The van der Waals surface area contributed by atoms with Gasteiger partial charge in [0.2, 0.25) is 0 Å². The van der Waals surface area contributed by atoms with E-state index in [4.69, 9.17) is 5.11 Å². The maximum Gasteiger partial charge on any atom is 0.335 e. The van der Waals surface area contributed by atoms with Gasteiger partial charge in [0.15, 0.2) is 6.29 Å². The molecule has 0 unspecified atom stereocenters. The van der Waals surface area contributed by atoms with Crippen LogP contribution in [-0.4, -0.2) is 17.4 Å². The highest BCUT2D eigenvalue weighted by atomic mass is 32.1. The van der Waals surface area contributed by atoms with Crippen molar-refractivity contribution < 1.29 is 19.1 Å². The third-order valence-corrected chi connectivity index (χ3v) is 3.27. The number of hydrogen-bond acceptors (Lipinski definition) is 3. The molecule has 0 atom stereocenters. The molecule has 0 saturated heterocycles. The highest BCUT2D eigenvalue weighted by Crippen LogP contribution is 2.29. The minimum atomic E-state index is -1.17. The average Bonchev–Trinajstić information content (AvgIpc) is 2.77. The van der Waals surface area contributed by atoms with E-state index in [0.717, 1.165) is 17.4 Å². The fourth-order valence-electron chi connectivity index (χ4n) is 1.41. The summed E-state index contributed by atoms with van der Waals surface area (Å²) < 4.78 is 13.7. The van der Waals surface area contributed by atoms with Gasteiger partial charge < -0.3 is 5.11 Å². The summed E-state index contributed by atoms with van der Waals surface area (Å²) in [5, 5.41) is 8.70. The van der Waals surface area contributed by atoms with E-state index >= 15 is 0 Å². The van der Waals surface area contributed by atoms with Crippen molar-refractivity contribution in [2.24, 2.45) is 0 Å². The summed E-state index contributed by atoms with van der Waals surface area (Å²) in [5.74, 6) is -1.78. The van der Waals surface area contributed by atoms with Gasteiger partial charge >= 0.3 is 5.97 Å². The van der Waals surface area contributed by atoms with Gasteiger partial charge in [0.1, 0.15) is 5.82 Å². The fourth-order valence-corrected chi connectivity index (χ4v) is 2.26. The Morgan fingerprint density at radius 3 is 2.59 bits per heavy atom. The molecule has 1 aromatic heterocycles. The molecular formula is C12H7FO3S. The number of thiophene rings is 1. The zero-order valence-electron chi connectivity index (χ0n) is 8.51. The van der Waals surface area contributed by atoms with Crippen LogP contribution in [0.15, 0.2) is 30.3 Å². The van der Waals surface area contributed by atoms with Crippen molar-refractivity contribution in [3.05, 3.63) is 46.6 Å². The van der Waals surface area contributed by atoms with Gasteiger partial charge in [-0.2, -0.15) is 0 Å². The van der Waals surface area contributed by atoms with Crippen LogP contribution in [0.5, 0.6) is 0 Å². The topological polar surface area (TPSA) is 54.4 Å². The van der Waals surface area contributed by atoms with Gasteiger partial charge in [0, 0.05) is 10.4 Å². The Morgan fingerprint density at radius 1 is 1.29 bits per heavy atom. The Kier molecular flexibility index (Phi) is 3.01. The Bertz CT molecular complexity index is 589. The van der Waals surface area contributed by atoms with E-state index < -0.39 is 11.8 Å². The van der Waals surface area contributed by atoms with E-state index in [2.05, 4.69) is 0 Å². The Labute approximate surface area is 100 Å². The lowest BCUT2D eigenvalue weighted by molar-refractivity contribution is 0.0696. The largest absolute Gasteiger partial charge is 0.478 e. The first-order chi connectivity index (χ1) is 8.11. The Morgan fingerprint density at radius 2 is 2.06 bits per heavy atom. The van der Waals surface area contributed by atoms with Crippen LogP contribution in [0.3, 0.4) is 0 Å². The highest BCUT2D eigenvalue weighted by molar-refractivity contribution is 7.17. The molecule has 2 rings (SSSR count). The molecule has 0 saturated carbocycles. The van der Waals surface area contributed by atoms with Gasteiger partial charge in [-0.05, 0) is 30.3 Å². The quantitative estimate of drug-likeness (QED) is 0.852. The van der Waals surface area contributed by atoms with Gasteiger partial charge in [-0.3, -0.25) is 4.79 Å². The number of aromatic carboxylic acids is 1. The van der Waals surface area contributed by atoms with E-state index in [1.165, 1.54) is 12.1 Å². The molecule has 2 aromatic rings. The first-order valence-corrected chi connectivity index (χ1v) is 5.51. The number of carboxylic acids is 1. The second kappa shape index (κ2) is 4.47. The zero-order valence-corrected chi connectivity index (χ0v) is 9.33. The van der Waals surface area contributed by atoms with Crippen molar-refractivity contribution in [2.45, 2.75) is 0 Å². The van der Waals surface area contributed by atoms with Crippen molar-refractivity contribution in [1.82, 2.24) is 0 Å². The molecule has 1 heterocycles. The monoisotopic (exact) mass is 250 g/mol. The number of carboxylic acid groups (broad SMARTS) is 1. The molecule has 0 aliphatic heterocycles. The number of benzene rings is 1. The van der Waals surface area contributed by atoms with Crippen LogP contribution in [0.4, 0.5) is 4.39 Å². The normalized spacial score (nSPS) is 10.2. The summed E-state index contributed by atoms with van der Waals surface area (Å²) in [7, 11) is 0. The van der Waals surface area contributed by atoms with Crippen LogP contribution in [-0.2, 0) is 0 Å². The number of hydrogen-bond donors (Lipinski definition) is 1. The maximum absolute atomic E-state index is 13.7. The van der Waals surface area contributed by atoms with Crippen LogP contribution in [0.1, 0.15) is 20.0 Å². The average molecular weight is 250 g/mol. The zero-order chi connectivity index (χ0) is 12.4. The third-order valence-electron chi connectivity index (χ3n) is 2.22. The molecule has 0 radical (unpaired) electrons. The van der Waals surface area contributed by atoms with Gasteiger partial charge in [0.05, 0.1) is 10.4 Å². The first-order valence-electron chi connectivity index (χ1n) is 4.70. The van der Waals surface area contributed by atoms with E-state index in [0.29, 0.717) is 21.6 Å². The molecule has 1 aromatic carbocycles. The fraction of sp³-hybridized carbons (Fsp3) is 0.